The molecule has 0 spiro atoms. The van der Waals surface area contributed by atoms with E-state index in [0.717, 1.165) is 16.6 Å². The fourth-order valence-corrected chi connectivity index (χ4v) is 4.64. The van der Waals surface area contributed by atoms with Crippen LogP contribution in [0.5, 0.6) is 0 Å². The van der Waals surface area contributed by atoms with Crippen LogP contribution in [0.1, 0.15) is 59.6 Å². The molecule has 1 aliphatic heterocycles. The summed E-state index contributed by atoms with van der Waals surface area (Å²) < 4.78 is 13.3. The van der Waals surface area contributed by atoms with Crippen LogP contribution in [0.15, 0.2) is 22.8 Å². The van der Waals surface area contributed by atoms with Crippen LogP contribution in [0, 0.1) is 0 Å². The fourth-order valence-electron chi connectivity index (χ4n) is 3.05. The lowest BCUT2D eigenvalue weighted by Gasteiger charge is -2.44. The molecule has 158 valence electrons. The summed E-state index contributed by atoms with van der Waals surface area (Å²) >= 11 is 3.44. The van der Waals surface area contributed by atoms with Crippen LogP contribution in [0.3, 0.4) is 0 Å². The quantitative estimate of drug-likeness (QED) is 0.511. The van der Waals surface area contributed by atoms with Gasteiger partial charge in [0.15, 0.2) is 8.32 Å². The Morgan fingerprint density at radius 3 is 2.32 bits per heavy atom. The third kappa shape index (κ3) is 6.29. The molecule has 0 saturated carbocycles. The summed E-state index contributed by atoms with van der Waals surface area (Å²) in [6.45, 7) is 18.1. The second-order valence-corrected chi connectivity index (χ2v) is 15.9. The number of piperidine rings is 1. The Balaban J connectivity index is 2.25. The van der Waals surface area contributed by atoms with Gasteiger partial charge in [0.05, 0.1) is 6.10 Å². The van der Waals surface area contributed by atoms with Crippen molar-refractivity contribution in [3.63, 3.8) is 0 Å². The van der Waals surface area contributed by atoms with Gasteiger partial charge in [0, 0.05) is 35.4 Å². The summed E-state index contributed by atoms with van der Waals surface area (Å²) in [6.07, 6.45) is 2.38. The molecular weight excluding hydrogens is 436 g/mol. The number of halogens is 1. The smallest absolute Gasteiger partial charge is 0.410 e. The van der Waals surface area contributed by atoms with Crippen molar-refractivity contribution in [1.29, 1.82) is 0 Å². The number of ether oxygens (including phenoxy) is 1. The minimum atomic E-state index is -1.95. The molecule has 0 N–H and O–H groups in total. The average molecular weight is 472 g/mol. The molecule has 2 heterocycles. The number of likely N-dealkylation sites (tertiary alicyclic amines) is 1. The maximum atomic E-state index is 12.8. The lowest BCUT2D eigenvalue weighted by atomic mass is 9.93. The van der Waals surface area contributed by atoms with Gasteiger partial charge < -0.3 is 14.1 Å². The first kappa shape index (κ1) is 23.4. The van der Waals surface area contributed by atoms with Crippen molar-refractivity contribution < 1.29 is 14.0 Å². The van der Waals surface area contributed by atoms with E-state index in [1.54, 1.807) is 4.90 Å². The summed E-state index contributed by atoms with van der Waals surface area (Å²) in [5.74, 6) is 0.129. The molecule has 0 radical (unpaired) electrons. The van der Waals surface area contributed by atoms with Crippen molar-refractivity contribution in [2.75, 3.05) is 13.1 Å². The molecule has 1 aliphatic rings. The molecule has 0 aliphatic carbocycles. The topological polar surface area (TPSA) is 51.7 Å². The zero-order valence-electron chi connectivity index (χ0n) is 18.5. The molecule has 5 nitrogen and oxygen atoms in total. The van der Waals surface area contributed by atoms with Gasteiger partial charge in [0.1, 0.15) is 5.60 Å². The Hall–Kier alpha value is -0.923. The van der Waals surface area contributed by atoms with E-state index in [0.29, 0.717) is 13.1 Å². The summed E-state index contributed by atoms with van der Waals surface area (Å²) in [5, 5.41) is 0.118. The number of pyridine rings is 1. The highest BCUT2D eigenvalue weighted by Gasteiger charge is 2.42. The van der Waals surface area contributed by atoms with Gasteiger partial charge in [-0.05, 0) is 73.4 Å². The number of amides is 1. The van der Waals surface area contributed by atoms with E-state index in [9.17, 15) is 4.79 Å². The van der Waals surface area contributed by atoms with Crippen molar-refractivity contribution >= 4 is 30.3 Å². The minimum absolute atomic E-state index is 0.0161. The van der Waals surface area contributed by atoms with E-state index >= 15 is 0 Å². The van der Waals surface area contributed by atoms with Crippen molar-refractivity contribution in [3.8, 4) is 0 Å². The Labute approximate surface area is 179 Å². The van der Waals surface area contributed by atoms with Gasteiger partial charge in [-0.15, -0.1) is 0 Å². The van der Waals surface area contributed by atoms with Gasteiger partial charge >= 0.3 is 6.09 Å². The monoisotopic (exact) mass is 470 g/mol. The average Bonchev–Trinajstić information content (AvgIpc) is 2.52. The minimum Gasteiger partial charge on any atom is -0.444 e. The van der Waals surface area contributed by atoms with E-state index in [1.165, 1.54) is 0 Å². The molecule has 0 bridgehead atoms. The number of carbonyl (C=O) groups excluding carboxylic acids is 1. The summed E-state index contributed by atoms with van der Waals surface area (Å²) in [4.78, 5) is 19.2. The fraction of sp³-hybridized carbons (Fsp3) is 0.714. The zero-order chi connectivity index (χ0) is 21.3. The Morgan fingerprint density at radius 1 is 1.18 bits per heavy atom. The van der Waals surface area contributed by atoms with Crippen LogP contribution >= 0.6 is 15.9 Å². The summed E-state index contributed by atoms with van der Waals surface area (Å²) in [7, 11) is -1.95. The molecule has 7 heteroatoms. The highest BCUT2D eigenvalue weighted by atomic mass is 79.9. The van der Waals surface area contributed by atoms with Crippen LogP contribution in [-0.4, -0.2) is 49.1 Å². The second kappa shape index (κ2) is 8.44. The predicted molar refractivity (Wildman–Crippen MR) is 119 cm³/mol. The number of nitrogens with zero attached hydrogens (tertiary/aromatic N) is 2. The van der Waals surface area contributed by atoms with Gasteiger partial charge in [-0.1, -0.05) is 20.8 Å². The number of hydrogen-bond donors (Lipinski definition) is 0. The first-order chi connectivity index (χ1) is 12.7. The molecule has 2 rings (SSSR count). The molecule has 2 atom stereocenters. The lowest BCUT2D eigenvalue weighted by molar-refractivity contribution is 0.00192. The first-order valence-electron chi connectivity index (χ1n) is 9.95. The molecule has 1 fully saturated rings. The SMILES string of the molecule is CC(C)(C)OC(=O)N1CC(O[Si](C)(C)C(C)(C)C)CC(c2ccc(Br)cn2)C1. The summed E-state index contributed by atoms with van der Waals surface area (Å²) in [6, 6.07) is 4.02. The lowest BCUT2D eigenvalue weighted by Crippen LogP contribution is -2.52. The van der Waals surface area contributed by atoms with Crippen LogP contribution in [0.2, 0.25) is 18.1 Å². The second-order valence-electron chi connectivity index (χ2n) is 10.2. The molecule has 28 heavy (non-hydrogen) atoms. The van der Waals surface area contributed by atoms with Crippen LogP contribution < -0.4 is 0 Å². The maximum absolute atomic E-state index is 12.8. The largest absolute Gasteiger partial charge is 0.444 e. The van der Waals surface area contributed by atoms with Gasteiger partial charge in [-0.25, -0.2) is 4.79 Å². The normalized spacial score (nSPS) is 21.5. The van der Waals surface area contributed by atoms with Gasteiger partial charge in [0.2, 0.25) is 0 Å². The molecule has 1 saturated heterocycles. The van der Waals surface area contributed by atoms with E-state index in [4.69, 9.17) is 9.16 Å². The van der Waals surface area contributed by atoms with Crippen molar-refractivity contribution in [3.05, 3.63) is 28.5 Å². The van der Waals surface area contributed by atoms with Gasteiger partial charge in [-0.3, -0.25) is 4.98 Å². The molecule has 2 unspecified atom stereocenters. The number of hydrogen-bond acceptors (Lipinski definition) is 4. The highest BCUT2D eigenvalue weighted by molar-refractivity contribution is 9.10. The molecule has 1 aromatic heterocycles. The number of rotatable bonds is 3. The third-order valence-corrected chi connectivity index (χ3v) is 10.5. The number of aromatic nitrogens is 1. The van der Waals surface area contributed by atoms with Crippen molar-refractivity contribution in [1.82, 2.24) is 9.88 Å². The van der Waals surface area contributed by atoms with Crippen LogP contribution in [-0.2, 0) is 9.16 Å². The molecular formula is C21H35BrN2O3Si. The van der Waals surface area contributed by atoms with Gasteiger partial charge in [-0.2, -0.15) is 0 Å². The molecule has 1 aromatic rings. The first-order valence-corrected chi connectivity index (χ1v) is 13.7. The standard InChI is InChI=1S/C21H35BrN2O3Si/c1-20(2,3)26-19(25)24-13-15(18-10-9-16(22)12-23-18)11-17(14-24)27-28(7,8)21(4,5)6/h9-10,12,15,17H,11,13-14H2,1-8H3. The molecule has 0 aromatic carbocycles. The Bertz CT molecular complexity index is 680. The zero-order valence-corrected chi connectivity index (χ0v) is 21.1. The van der Waals surface area contributed by atoms with Crippen LogP contribution in [0.25, 0.3) is 0 Å². The Kier molecular flexibility index (Phi) is 7.04. The maximum Gasteiger partial charge on any atom is 0.410 e. The Morgan fingerprint density at radius 2 is 1.82 bits per heavy atom. The van der Waals surface area contributed by atoms with E-state index < -0.39 is 13.9 Å². The highest BCUT2D eigenvalue weighted by Crippen LogP contribution is 2.39. The van der Waals surface area contributed by atoms with Crippen molar-refractivity contribution in [2.24, 2.45) is 0 Å². The van der Waals surface area contributed by atoms with Crippen LogP contribution in [0.4, 0.5) is 4.79 Å². The molecule has 1 amide bonds. The summed E-state index contributed by atoms with van der Waals surface area (Å²) in [5.41, 5.74) is 0.468. The predicted octanol–water partition coefficient (Wildman–Crippen LogP) is 5.96. The van der Waals surface area contributed by atoms with Crippen molar-refractivity contribution in [2.45, 2.75) is 83.7 Å². The van der Waals surface area contributed by atoms with Gasteiger partial charge in [0.25, 0.3) is 0 Å². The van der Waals surface area contributed by atoms with E-state index in [2.05, 4.69) is 54.8 Å². The van der Waals surface area contributed by atoms with E-state index in [1.807, 2.05) is 39.1 Å². The van der Waals surface area contributed by atoms with E-state index in [-0.39, 0.29) is 23.2 Å². The number of carbonyl (C=O) groups is 1. The third-order valence-electron chi connectivity index (χ3n) is 5.50.